The second-order valence-electron chi connectivity index (χ2n) is 7.44. The van der Waals surface area contributed by atoms with E-state index in [4.69, 9.17) is 9.47 Å². The van der Waals surface area contributed by atoms with Crippen LogP contribution in [0.15, 0.2) is 53.4 Å². The third-order valence-corrected chi connectivity index (χ3v) is 6.56. The van der Waals surface area contributed by atoms with Crippen LogP contribution in [0.1, 0.15) is 31.2 Å². The first-order chi connectivity index (χ1) is 13.3. The number of anilines is 1. The van der Waals surface area contributed by atoms with E-state index in [9.17, 15) is 0 Å². The van der Waals surface area contributed by atoms with E-state index in [1.54, 1.807) is 11.3 Å². The van der Waals surface area contributed by atoms with E-state index in [2.05, 4.69) is 57.0 Å². The molecule has 0 radical (unpaired) electrons. The topological polar surface area (TPSA) is 34.6 Å². The molecular formula is C22H24N2O2S. The van der Waals surface area contributed by atoms with Crippen molar-refractivity contribution in [2.45, 2.75) is 44.1 Å². The minimum atomic E-state index is -0.305. The molecule has 2 fully saturated rings. The minimum Gasteiger partial charge on any atom is -0.364 e. The van der Waals surface area contributed by atoms with E-state index in [0.29, 0.717) is 6.04 Å². The molecule has 2 aromatic heterocycles. The number of para-hydroxylation sites is 1. The Kier molecular flexibility index (Phi) is 4.60. The van der Waals surface area contributed by atoms with Crippen LogP contribution in [0, 0.1) is 0 Å². The molecule has 1 aromatic carbocycles. The van der Waals surface area contributed by atoms with Crippen LogP contribution in [-0.2, 0) is 16.0 Å². The number of fused-ring (bicyclic) bond motifs is 1. The minimum absolute atomic E-state index is 0.305. The summed E-state index contributed by atoms with van der Waals surface area (Å²) >= 11 is 1.76. The maximum absolute atomic E-state index is 5.93. The summed E-state index contributed by atoms with van der Waals surface area (Å²) < 4.78 is 11.9. The number of thiophene rings is 1. The summed E-state index contributed by atoms with van der Waals surface area (Å²) in [6.45, 7) is 2.38. The summed E-state index contributed by atoms with van der Waals surface area (Å²) in [5.74, 6) is -0.305. The maximum atomic E-state index is 5.93. The fourth-order valence-electron chi connectivity index (χ4n) is 4.47. The molecule has 1 saturated heterocycles. The molecule has 3 heterocycles. The average molecular weight is 381 g/mol. The third-order valence-electron chi connectivity index (χ3n) is 5.89. The van der Waals surface area contributed by atoms with Crippen LogP contribution in [0.3, 0.4) is 0 Å². The van der Waals surface area contributed by atoms with Crippen molar-refractivity contribution in [3.05, 3.63) is 58.9 Å². The number of rotatable bonds is 4. The lowest BCUT2D eigenvalue weighted by molar-refractivity contribution is -0.178. The van der Waals surface area contributed by atoms with Crippen molar-refractivity contribution in [3.63, 3.8) is 0 Å². The van der Waals surface area contributed by atoms with Gasteiger partial charge in [-0.25, -0.2) is 0 Å². The first kappa shape index (κ1) is 17.2. The molecule has 5 heteroatoms. The summed E-state index contributed by atoms with van der Waals surface area (Å²) in [5, 5.41) is 5.67. The van der Waals surface area contributed by atoms with Crippen molar-refractivity contribution in [1.29, 1.82) is 0 Å². The first-order valence-electron chi connectivity index (χ1n) is 9.72. The van der Waals surface area contributed by atoms with Crippen LogP contribution in [0.25, 0.3) is 10.9 Å². The largest absolute Gasteiger partial charge is 0.364 e. The highest BCUT2D eigenvalue weighted by Gasteiger charge is 2.41. The predicted molar refractivity (Wildman–Crippen MR) is 109 cm³/mol. The van der Waals surface area contributed by atoms with Gasteiger partial charge in [-0.1, -0.05) is 18.2 Å². The lowest BCUT2D eigenvalue weighted by Crippen LogP contribution is -2.44. The number of hydrogen-bond acceptors (Lipinski definition) is 5. The Labute approximate surface area is 163 Å². The fraction of sp³-hybridized carbons (Fsp3) is 0.409. The highest BCUT2D eigenvalue weighted by atomic mass is 32.1. The van der Waals surface area contributed by atoms with Gasteiger partial charge in [-0.05, 0) is 42.0 Å². The van der Waals surface area contributed by atoms with Gasteiger partial charge in [-0.2, -0.15) is 11.3 Å². The Hall–Kier alpha value is -1.95. The van der Waals surface area contributed by atoms with Crippen LogP contribution in [0.2, 0.25) is 0 Å². The van der Waals surface area contributed by atoms with Crippen LogP contribution in [0.4, 0.5) is 5.69 Å². The van der Waals surface area contributed by atoms with E-state index < -0.39 is 0 Å². The van der Waals surface area contributed by atoms with Crippen molar-refractivity contribution in [2.75, 3.05) is 18.1 Å². The standard InChI is InChI=1S/C22H24N2O2S/c1-2-4-21-20(3-1)17(7-11-23-21)15-24(19-8-14-27-16-19)18-5-9-22(10-6-18)25-12-13-26-22/h1-4,7-8,11,14,16,18H,5-6,9-10,12-13,15H2. The smallest absolute Gasteiger partial charge is 0.168 e. The summed E-state index contributed by atoms with van der Waals surface area (Å²) in [6.07, 6.45) is 6.09. The summed E-state index contributed by atoms with van der Waals surface area (Å²) in [6, 6.07) is 13.3. The molecule has 1 aliphatic heterocycles. The lowest BCUT2D eigenvalue weighted by Gasteiger charge is -2.41. The summed E-state index contributed by atoms with van der Waals surface area (Å²) in [4.78, 5) is 7.09. The van der Waals surface area contributed by atoms with Crippen LogP contribution in [0.5, 0.6) is 0 Å². The van der Waals surface area contributed by atoms with E-state index in [-0.39, 0.29) is 5.79 Å². The molecule has 27 heavy (non-hydrogen) atoms. The molecule has 0 bridgehead atoms. The molecule has 0 atom stereocenters. The average Bonchev–Trinajstić information content (AvgIpc) is 3.40. The van der Waals surface area contributed by atoms with Crippen molar-refractivity contribution < 1.29 is 9.47 Å². The van der Waals surface area contributed by atoms with Crippen molar-refractivity contribution in [1.82, 2.24) is 4.98 Å². The second kappa shape index (κ2) is 7.23. The van der Waals surface area contributed by atoms with Gasteiger partial charge >= 0.3 is 0 Å². The van der Waals surface area contributed by atoms with E-state index in [1.165, 1.54) is 16.6 Å². The Morgan fingerprint density at radius 2 is 1.89 bits per heavy atom. The Morgan fingerprint density at radius 1 is 1.07 bits per heavy atom. The number of ether oxygens (including phenoxy) is 2. The number of pyridine rings is 1. The zero-order chi connectivity index (χ0) is 18.1. The zero-order valence-electron chi connectivity index (χ0n) is 15.3. The van der Waals surface area contributed by atoms with E-state index in [1.807, 2.05) is 6.20 Å². The lowest BCUT2D eigenvalue weighted by atomic mass is 9.88. The van der Waals surface area contributed by atoms with Gasteiger partial charge in [0.2, 0.25) is 0 Å². The van der Waals surface area contributed by atoms with Crippen molar-refractivity contribution in [2.24, 2.45) is 0 Å². The fourth-order valence-corrected chi connectivity index (χ4v) is 5.12. The maximum Gasteiger partial charge on any atom is 0.168 e. The highest BCUT2D eigenvalue weighted by Crippen LogP contribution is 2.39. The molecule has 3 aromatic rings. The van der Waals surface area contributed by atoms with Gasteiger partial charge in [0, 0.05) is 48.1 Å². The first-order valence-corrected chi connectivity index (χ1v) is 10.7. The van der Waals surface area contributed by atoms with Gasteiger partial charge in [0.15, 0.2) is 5.79 Å². The van der Waals surface area contributed by atoms with Gasteiger partial charge in [-0.3, -0.25) is 4.98 Å². The van der Waals surface area contributed by atoms with E-state index >= 15 is 0 Å². The Balaban J connectivity index is 1.42. The number of nitrogens with zero attached hydrogens (tertiary/aromatic N) is 2. The van der Waals surface area contributed by atoms with Crippen molar-refractivity contribution in [3.8, 4) is 0 Å². The molecule has 5 rings (SSSR count). The molecule has 0 amide bonds. The van der Waals surface area contributed by atoms with Gasteiger partial charge in [0.1, 0.15) is 0 Å². The Bertz CT molecular complexity index is 890. The van der Waals surface area contributed by atoms with E-state index in [0.717, 1.165) is 51.0 Å². The number of hydrogen-bond donors (Lipinski definition) is 0. The molecule has 1 spiro atoms. The summed E-state index contributed by atoms with van der Waals surface area (Å²) in [7, 11) is 0. The normalized spacial score (nSPS) is 19.7. The molecule has 1 aliphatic carbocycles. The molecule has 0 unspecified atom stereocenters. The number of benzene rings is 1. The molecular weight excluding hydrogens is 356 g/mol. The van der Waals surface area contributed by atoms with Crippen LogP contribution >= 0.6 is 11.3 Å². The summed E-state index contributed by atoms with van der Waals surface area (Å²) in [5.41, 5.74) is 3.71. The van der Waals surface area contributed by atoms with Crippen molar-refractivity contribution >= 4 is 27.9 Å². The monoisotopic (exact) mass is 380 g/mol. The second-order valence-corrected chi connectivity index (χ2v) is 8.22. The molecule has 0 N–H and O–H groups in total. The van der Waals surface area contributed by atoms with Gasteiger partial charge in [0.05, 0.1) is 18.7 Å². The molecule has 4 nitrogen and oxygen atoms in total. The van der Waals surface area contributed by atoms with Gasteiger partial charge < -0.3 is 14.4 Å². The molecule has 140 valence electrons. The highest BCUT2D eigenvalue weighted by molar-refractivity contribution is 7.08. The van der Waals surface area contributed by atoms with Gasteiger partial charge in [-0.15, -0.1) is 0 Å². The third kappa shape index (κ3) is 3.35. The SMILES string of the molecule is c1ccc2c(CN(c3ccsc3)C3CCC4(CC3)OCCO4)ccnc2c1. The van der Waals surface area contributed by atoms with Gasteiger partial charge in [0.25, 0.3) is 0 Å². The Morgan fingerprint density at radius 3 is 2.67 bits per heavy atom. The van der Waals surface area contributed by atoms with Crippen LogP contribution < -0.4 is 4.90 Å². The van der Waals surface area contributed by atoms with Crippen LogP contribution in [-0.4, -0.2) is 30.0 Å². The number of aromatic nitrogens is 1. The zero-order valence-corrected chi connectivity index (χ0v) is 16.2. The quantitative estimate of drug-likeness (QED) is 0.639. The molecule has 1 saturated carbocycles. The predicted octanol–water partition coefficient (Wildman–Crippen LogP) is 4.99. The molecule has 2 aliphatic rings.